The molecule has 0 amide bonds. The second-order valence-electron chi connectivity index (χ2n) is 4.64. The van der Waals surface area contributed by atoms with E-state index in [1.807, 2.05) is 35.9 Å². The number of aryl methyl sites for hydroxylation is 1. The molecule has 0 saturated heterocycles. The molecule has 1 heterocycles. The first-order valence-electron chi connectivity index (χ1n) is 6.74. The largest absolute Gasteiger partial charge is 0.497 e. The average molecular weight is 306 g/mol. The number of benzene rings is 1. The molecule has 2 aromatic rings. The Morgan fingerprint density at radius 1 is 1.48 bits per heavy atom. The molecule has 5 nitrogen and oxygen atoms in total. The molecule has 0 bridgehead atoms. The van der Waals surface area contributed by atoms with Crippen LogP contribution in [0.1, 0.15) is 18.9 Å². The van der Waals surface area contributed by atoms with Crippen LogP contribution in [0, 0.1) is 0 Å². The minimum absolute atomic E-state index is 0.0876. The van der Waals surface area contributed by atoms with Crippen molar-refractivity contribution in [3.63, 3.8) is 0 Å². The van der Waals surface area contributed by atoms with E-state index in [2.05, 4.69) is 5.32 Å². The molecular weight excluding hydrogens is 288 g/mol. The van der Waals surface area contributed by atoms with Gasteiger partial charge in [-0.05, 0) is 49.3 Å². The quantitative estimate of drug-likeness (QED) is 0.831. The molecule has 0 unspecified atom stereocenters. The summed E-state index contributed by atoms with van der Waals surface area (Å²) < 4.78 is 7.13. The molecule has 1 aromatic carbocycles. The summed E-state index contributed by atoms with van der Waals surface area (Å²) in [5.41, 5.74) is 1.90. The third-order valence-electron chi connectivity index (χ3n) is 3.25. The summed E-state index contributed by atoms with van der Waals surface area (Å²) in [6, 6.07) is 5.72. The van der Waals surface area contributed by atoms with Crippen molar-refractivity contribution in [1.82, 2.24) is 9.88 Å². The Bertz CT molecular complexity index is 679. The van der Waals surface area contributed by atoms with Crippen molar-refractivity contribution in [2.45, 2.75) is 19.8 Å². The molecule has 0 aliphatic rings. The summed E-state index contributed by atoms with van der Waals surface area (Å²) in [5.74, 6) is -0.0701. The first kappa shape index (κ1) is 15.3. The molecule has 21 heavy (non-hydrogen) atoms. The van der Waals surface area contributed by atoms with Gasteiger partial charge in [0.2, 0.25) is 0 Å². The number of ether oxygens (including phenoxy) is 1. The Morgan fingerprint density at radius 2 is 2.24 bits per heavy atom. The molecule has 2 N–H and O–H groups in total. The molecule has 0 aliphatic heterocycles. The number of fused-ring (bicyclic) bond motifs is 1. The summed E-state index contributed by atoms with van der Waals surface area (Å²) in [7, 11) is 1.61. The molecule has 2 rings (SSSR count). The van der Waals surface area contributed by atoms with E-state index in [1.54, 1.807) is 7.11 Å². The Hall–Kier alpha value is -2.08. The standard InChI is InChI=1S/C15H18N2O3S/c1-3-16-15(21)17-9-10(4-7-14(18)19)12-8-11(20-2)5-6-13(12)17/h5-6,8-9H,3-4,7H2,1-2H3,(H,16,21)(H,18,19). The van der Waals surface area contributed by atoms with Crippen LogP contribution in [0.25, 0.3) is 10.9 Å². The van der Waals surface area contributed by atoms with Gasteiger partial charge in [-0.1, -0.05) is 0 Å². The summed E-state index contributed by atoms with van der Waals surface area (Å²) in [6.45, 7) is 2.71. The minimum atomic E-state index is -0.812. The number of carboxylic acids is 1. The van der Waals surface area contributed by atoms with E-state index >= 15 is 0 Å². The third-order valence-corrected chi connectivity index (χ3v) is 3.59. The molecule has 0 saturated carbocycles. The van der Waals surface area contributed by atoms with Crippen molar-refractivity contribution < 1.29 is 14.6 Å². The second-order valence-corrected chi connectivity index (χ2v) is 5.02. The summed E-state index contributed by atoms with van der Waals surface area (Å²) in [5, 5.41) is 13.6. The van der Waals surface area contributed by atoms with Gasteiger partial charge >= 0.3 is 5.97 Å². The zero-order valence-electron chi connectivity index (χ0n) is 12.0. The van der Waals surface area contributed by atoms with Crippen LogP contribution < -0.4 is 10.1 Å². The highest BCUT2D eigenvalue weighted by Crippen LogP contribution is 2.27. The van der Waals surface area contributed by atoms with Gasteiger partial charge in [0.25, 0.3) is 0 Å². The number of thiocarbonyl (C=S) groups is 1. The number of hydrogen-bond donors (Lipinski definition) is 2. The van der Waals surface area contributed by atoms with Gasteiger partial charge in [-0.2, -0.15) is 0 Å². The van der Waals surface area contributed by atoms with Crippen molar-refractivity contribution in [2.24, 2.45) is 0 Å². The summed E-state index contributed by atoms with van der Waals surface area (Å²) >= 11 is 5.36. The van der Waals surface area contributed by atoms with Crippen molar-refractivity contribution in [1.29, 1.82) is 0 Å². The highest BCUT2D eigenvalue weighted by molar-refractivity contribution is 7.80. The number of aliphatic carboxylic acids is 1. The van der Waals surface area contributed by atoms with Gasteiger partial charge in [0, 0.05) is 24.5 Å². The molecule has 0 radical (unpaired) electrons. The number of rotatable bonds is 5. The summed E-state index contributed by atoms with van der Waals surface area (Å²) in [4.78, 5) is 10.8. The second kappa shape index (κ2) is 6.58. The minimum Gasteiger partial charge on any atom is -0.497 e. The van der Waals surface area contributed by atoms with Crippen LogP contribution in [0.3, 0.4) is 0 Å². The highest BCUT2D eigenvalue weighted by Gasteiger charge is 2.13. The Balaban J connectivity index is 2.49. The predicted octanol–water partition coefficient (Wildman–Crippen LogP) is 2.41. The van der Waals surface area contributed by atoms with E-state index < -0.39 is 5.97 Å². The number of carboxylic acid groups (broad SMARTS) is 1. The van der Waals surface area contributed by atoms with Gasteiger partial charge in [0.15, 0.2) is 5.11 Å². The van der Waals surface area contributed by atoms with E-state index in [9.17, 15) is 4.79 Å². The molecular formula is C15H18N2O3S. The zero-order valence-corrected chi connectivity index (χ0v) is 12.9. The normalized spacial score (nSPS) is 10.6. The number of nitrogens with one attached hydrogen (secondary N) is 1. The fourth-order valence-corrected chi connectivity index (χ4v) is 2.54. The smallest absolute Gasteiger partial charge is 0.303 e. The fourth-order valence-electron chi connectivity index (χ4n) is 2.25. The van der Waals surface area contributed by atoms with Crippen LogP contribution in [-0.2, 0) is 11.2 Å². The first-order valence-corrected chi connectivity index (χ1v) is 7.15. The maximum Gasteiger partial charge on any atom is 0.303 e. The van der Waals surface area contributed by atoms with Gasteiger partial charge in [-0.3, -0.25) is 9.36 Å². The lowest BCUT2D eigenvalue weighted by Crippen LogP contribution is -2.27. The Kier molecular flexibility index (Phi) is 4.80. The van der Waals surface area contributed by atoms with Gasteiger partial charge in [-0.25, -0.2) is 0 Å². The van der Waals surface area contributed by atoms with Crippen LogP contribution in [0.2, 0.25) is 0 Å². The monoisotopic (exact) mass is 306 g/mol. The third kappa shape index (κ3) is 3.33. The molecule has 0 atom stereocenters. The van der Waals surface area contributed by atoms with Crippen molar-refractivity contribution in [3.8, 4) is 5.75 Å². The Labute approximate surface area is 128 Å². The van der Waals surface area contributed by atoms with E-state index in [0.717, 1.165) is 28.8 Å². The number of nitrogens with zero attached hydrogens (tertiary/aromatic N) is 1. The first-order chi connectivity index (χ1) is 10.1. The van der Waals surface area contributed by atoms with E-state index in [-0.39, 0.29) is 6.42 Å². The number of methoxy groups -OCH3 is 1. The maximum atomic E-state index is 10.8. The lowest BCUT2D eigenvalue weighted by Gasteiger charge is -2.08. The van der Waals surface area contributed by atoms with Gasteiger partial charge < -0.3 is 15.2 Å². The topological polar surface area (TPSA) is 63.5 Å². The SMILES string of the molecule is CCNC(=S)n1cc(CCC(=O)O)c2cc(OC)ccc21. The number of aromatic nitrogens is 1. The predicted molar refractivity (Wildman–Crippen MR) is 86.1 cm³/mol. The van der Waals surface area contributed by atoms with E-state index in [4.69, 9.17) is 22.1 Å². The van der Waals surface area contributed by atoms with E-state index in [0.29, 0.717) is 11.5 Å². The summed E-state index contributed by atoms with van der Waals surface area (Å²) in [6.07, 6.45) is 2.45. The van der Waals surface area contributed by atoms with Crippen molar-refractivity contribution in [2.75, 3.05) is 13.7 Å². The van der Waals surface area contributed by atoms with Crippen molar-refractivity contribution >= 4 is 34.2 Å². The van der Waals surface area contributed by atoms with Crippen molar-refractivity contribution in [3.05, 3.63) is 30.0 Å². The fraction of sp³-hybridized carbons (Fsp3) is 0.333. The van der Waals surface area contributed by atoms with E-state index in [1.165, 1.54) is 0 Å². The van der Waals surface area contributed by atoms with Crippen LogP contribution in [0.5, 0.6) is 5.75 Å². The zero-order chi connectivity index (χ0) is 15.4. The van der Waals surface area contributed by atoms with Gasteiger partial charge in [0.1, 0.15) is 5.75 Å². The maximum absolute atomic E-state index is 10.8. The van der Waals surface area contributed by atoms with Crippen LogP contribution in [-0.4, -0.2) is 34.4 Å². The number of carbonyl (C=O) groups is 1. The van der Waals surface area contributed by atoms with Crippen LogP contribution in [0.4, 0.5) is 0 Å². The molecule has 0 aliphatic carbocycles. The molecule has 6 heteroatoms. The molecule has 0 fully saturated rings. The highest BCUT2D eigenvalue weighted by atomic mass is 32.1. The van der Waals surface area contributed by atoms with Crippen LogP contribution >= 0.6 is 12.2 Å². The van der Waals surface area contributed by atoms with Gasteiger partial charge in [-0.15, -0.1) is 0 Å². The molecule has 112 valence electrons. The number of hydrogen-bond acceptors (Lipinski definition) is 3. The Morgan fingerprint density at radius 3 is 2.86 bits per heavy atom. The molecule has 0 spiro atoms. The lowest BCUT2D eigenvalue weighted by molar-refractivity contribution is -0.136. The lowest BCUT2D eigenvalue weighted by atomic mass is 10.1. The van der Waals surface area contributed by atoms with Crippen LogP contribution in [0.15, 0.2) is 24.4 Å². The average Bonchev–Trinajstić information content (AvgIpc) is 2.83. The molecule has 1 aromatic heterocycles. The van der Waals surface area contributed by atoms with Gasteiger partial charge in [0.05, 0.1) is 12.6 Å².